The van der Waals surface area contributed by atoms with Crippen LogP contribution in [-0.4, -0.2) is 34.2 Å². The van der Waals surface area contributed by atoms with E-state index < -0.39 is 20.0 Å². The fourth-order valence-corrected chi connectivity index (χ4v) is 5.72. The van der Waals surface area contributed by atoms with Gasteiger partial charge in [-0.2, -0.15) is 4.31 Å². The Hall–Kier alpha value is -1.74. The summed E-state index contributed by atoms with van der Waals surface area (Å²) in [6.45, 7) is 3.04. The van der Waals surface area contributed by atoms with E-state index in [4.69, 9.17) is 0 Å². The van der Waals surface area contributed by atoms with Gasteiger partial charge in [-0.25, -0.2) is 21.6 Å². The molecule has 0 saturated carbocycles. The van der Waals surface area contributed by atoms with Crippen molar-refractivity contribution in [2.45, 2.75) is 42.5 Å². The maximum absolute atomic E-state index is 12.6. The zero-order valence-corrected chi connectivity index (χ0v) is 16.9. The summed E-state index contributed by atoms with van der Waals surface area (Å²) in [5.74, 6) is 0. The molecule has 1 fully saturated rings. The molecular formula is C19H24N2O4S2. The van der Waals surface area contributed by atoms with E-state index in [1.54, 1.807) is 42.5 Å². The van der Waals surface area contributed by atoms with Crippen LogP contribution in [-0.2, 0) is 26.6 Å². The van der Waals surface area contributed by atoms with Crippen LogP contribution in [0.1, 0.15) is 30.4 Å². The first-order chi connectivity index (χ1) is 12.8. The lowest BCUT2D eigenvalue weighted by atomic mass is 10.2. The maximum atomic E-state index is 12.6. The van der Waals surface area contributed by atoms with Gasteiger partial charge in [0.05, 0.1) is 9.79 Å². The zero-order valence-electron chi connectivity index (χ0n) is 15.3. The average molecular weight is 409 g/mol. The fourth-order valence-electron chi connectivity index (χ4n) is 3.08. The minimum atomic E-state index is -3.61. The Morgan fingerprint density at radius 1 is 0.889 bits per heavy atom. The van der Waals surface area contributed by atoms with Crippen LogP contribution in [0.25, 0.3) is 0 Å². The molecule has 1 aliphatic rings. The van der Waals surface area contributed by atoms with Gasteiger partial charge >= 0.3 is 0 Å². The summed E-state index contributed by atoms with van der Waals surface area (Å²) in [5.41, 5.74) is 1.56. The first kappa shape index (κ1) is 20.0. The van der Waals surface area contributed by atoms with Crippen molar-refractivity contribution in [1.29, 1.82) is 0 Å². The van der Waals surface area contributed by atoms with Gasteiger partial charge in [-0.15, -0.1) is 0 Å². The second-order valence-electron chi connectivity index (χ2n) is 6.75. The smallest absolute Gasteiger partial charge is 0.207 e. The molecule has 0 aromatic heterocycles. The van der Waals surface area contributed by atoms with Gasteiger partial charge in [0.2, 0.25) is 20.0 Å². The number of hydrogen-bond donors (Lipinski definition) is 1. The van der Waals surface area contributed by atoms with Gasteiger partial charge in [0.1, 0.15) is 0 Å². The Bertz CT molecular complexity index is 994. The monoisotopic (exact) mass is 408 g/mol. The second-order valence-corrected chi connectivity index (χ2v) is 10.5. The molecule has 2 aromatic rings. The third-order valence-electron chi connectivity index (χ3n) is 4.64. The molecule has 3 rings (SSSR count). The van der Waals surface area contributed by atoms with E-state index in [2.05, 4.69) is 4.72 Å². The van der Waals surface area contributed by atoms with Crippen LogP contribution >= 0.6 is 0 Å². The van der Waals surface area contributed by atoms with Crippen molar-refractivity contribution in [3.05, 3.63) is 59.7 Å². The van der Waals surface area contributed by atoms with E-state index in [1.165, 1.54) is 4.31 Å². The second kappa shape index (κ2) is 8.10. The highest BCUT2D eigenvalue weighted by Gasteiger charge is 2.25. The van der Waals surface area contributed by atoms with Gasteiger partial charge in [0, 0.05) is 19.6 Å². The van der Waals surface area contributed by atoms with Gasteiger partial charge in [-0.3, -0.25) is 0 Å². The zero-order chi connectivity index (χ0) is 19.5. The largest absolute Gasteiger partial charge is 0.243 e. The van der Waals surface area contributed by atoms with E-state index >= 15 is 0 Å². The number of sulfonamides is 2. The van der Waals surface area contributed by atoms with Crippen molar-refractivity contribution in [2.75, 3.05) is 13.1 Å². The van der Waals surface area contributed by atoms with Crippen LogP contribution < -0.4 is 4.72 Å². The summed E-state index contributed by atoms with van der Waals surface area (Å²) in [7, 11) is -7.09. The average Bonchev–Trinajstić information content (AvgIpc) is 2.67. The Balaban J connectivity index is 1.69. The number of rotatable bonds is 6. The summed E-state index contributed by atoms with van der Waals surface area (Å²) in [6.07, 6.45) is 2.84. The maximum Gasteiger partial charge on any atom is 0.243 e. The van der Waals surface area contributed by atoms with Crippen molar-refractivity contribution < 1.29 is 16.8 Å². The van der Waals surface area contributed by atoms with Gasteiger partial charge < -0.3 is 0 Å². The summed E-state index contributed by atoms with van der Waals surface area (Å²) in [6, 6.07) is 13.1. The lowest BCUT2D eigenvalue weighted by Crippen LogP contribution is -2.35. The Morgan fingerprint density at radius 3 is 2.19 bits per heavy atom. The van der Waals surface area contributed by atoms with Crippen LogP contribution in [0.15, 0.2) is 58.3 Å². The van der Waals surface area contributed by atoms with Crippen LogP contribution in [0.2, 0.25) is 0 Å². The summed E-state index contributed by atoms with van der Waals surface area (Å²) in [5, 5.41) is 0. The lowest BCUT2D eigenvalue weighted by molar-refractivity contribution is 0.346. The molecule has 0 amide bonds. The highest BCUT2D eigenvalue weighted by Crippen LogP contribution is 2.21. The molecule has 0 aliphatic carbocycles. The molecule has 0 radical (unpaired) electrons. The molecule has 2 aromatic carbocycles. The summed E-state index contributed by atoms with van der Waals surface area (Å²) in [4.78, 5) is 0.460. The first-order valence-corrected chi connectivity index (χ1v) is 11.9. The molecule has 0 bridgehead atoms. The Labute approximate surface area is 161 Å². The van der Waals surface area contributed by atoms with Crippen molar-refractivity contribution in [2.24, 2.45) is 0 Å². The molecule has 0 atom stereocenters. The summed E-state index contributed by atoms with van der Waals surface area (Å²) >= 11 is 0. The molecule has 146 valence electrons. The van der Waals surface area contributed by atoms with E-state index in [-0.39, 0.29) is 16.3 Å². The SMILES string of the molecule is Cc1cccc(S(=O)(=O)NCc2ccc(S(=O)(=O)N3CCCCC3)cc2)c1. The summed E-state index contributed by atoms with van der Waals surface area (Å²) < 4.78 is 54.1. The quantitative estimate of drug-likeness (QED) is 0.796. The minimum Gasteiger partial charge on any atom is -0.207 e. The van der Waals surface area contributed by atoms with Gasteiger partial charge in [-0.05, 0) is 55.2 Å². The molecule has 1 N–H and O–H groups in total. The van der Waals surface area contributed by atoms with Crippen LogP contribution in [0, 0.1) is 6.92 Å². The highest BCUT2D eigenvalue weighted by molar-refractivity contribution is 7.89. The number of piperidine rings is 1. The standard InChI is InChI=1S/C19H24N2O4S2/c1-16-6-5-7-19(14-16)26(22,23)20-15-17-8-10-18(11-9-17)27(24,25)21-12-3-2-4-13-21/h5-11,14,20H,2-4,12-13,15H2,1H3. The number of nitrogens with one attached hydrogen (secondary N) is 1. The van der Waals surface area contributed by atoms with Crippen LogP contribution in [0.5, 0.6) is 0 Å². The normalized spacial score (nSPS) is 16.3. The van der Waals surface area contributed by atoms with Crippen molar-refractivity contribution in [3.63, 3.8) is 0 Å². The predicted molar refractivity (Wildman–Crippen MR) is 104 cm³/mol. The minimum absolute atomic E-state index is 0.0975. The Morgan fingerprint density at radius 2 is 1.56 bits per heavy atom. The van der Waals surface area contributed by atoms with E-state index in [1.807, 2.05) is 13.0 Å². The number of nitrogens with zero attached hydrogens (tertiary/aromatic N) is 1. The number of aryl methyl sites for hydroxylation is 1. The van der Waals surface area contributed by atoms with Crippen LogP contribution in [0.3, 0.4) is 0 Å². The third kappa shape index (κ3) is 4.76. The van der Waals surface area contributed by atoms with Crippen molar-refractivity contribution in [3.8, 4) is 0 Å². The lowest BCUT2D eigenvalue weighted by Gasteiger charge is -2.25. The molecule has 6 nitrogen and oxygen atoms in total. The molecule has 1 aliphatic heterocycles. The van der Waals surface area contributed by atoms with Gasteiger partial charge in [0.15, 0.2) is 0 Å². The fraction of sp³-hybridized carbons (Fsp3) is 0.368. The molecule has 1 heterocycles. The molecular weight excluding hydrogens is 384 g/mol. The van der Waals surface area contributed by atoms with Crippen molar-refractivity contribution >= 4 is 20.0 Å². The van der Waals surface area contributed by atoms with Crippen molar-refractivity contribution in [1.82, 2.24) is 9.03 Å². The predicted octanol–water partition coefficient (Wildman–Crippen LogP) is 2.65. The first-order valence-electron chi connectivity index (χ1n) is 8.94. The highest BCUT2D eigenvalue weighted by atomic mass is 32.2. The van der Waals surface area contributed by atoms with E-state index in [9.17, 15) is 16.8 Å². The van der Waals surface area contributed by atoms with Gasteiger partial charge in [0.25, 0.3) is 0 Å². The van der Waals surface area contributed by atoms with Gasteiger partial charge in [-0.1, -0.05) is 30.7 Å². The van der Waals surface area contributed by atoms with Crippen LogP contribution in [0.4, 0.5) is 0 Å². The molecule has 8 heteroatoms. The molecule has 27 heavy (non-hydrogen) atoms. The molecule has 0 unspecified atom stereocenters. The van der Waals surface area contributed by atoms with E-state index in [0.717, 1.165) is 24.8 Å². The van der Waals surface area contributed by atoms with E-state index in [0.29, 0.717) is 18.7 Å². The number of hydrogen-bond acceptors (Lipinski definition) is 4. The topological polar surface area (TPSA) is 83.5 Å². The third-order valence-corrected chi connectivity index (χ3v) is 7.95. The molecule has 1 saturated heterocycles. The number of benzene rings is 2. The molecule has 0 spiro atoms. The Kier molecular flexibility index (Phi) is 6.00.